The third kappa shape index (κ3) is 1.96. The van der Waals surface area contributed by atoms with Crippen molar-refractivity contribution in [2.24, 2.45) is 5.92 Å². The monoisotopic (exact) mass is 221 g/mol. The molecule has 0 radical (unpaired) electrons. The van der Waals surface area contributed by atoms with Crippen molar-refractivity contribution in [3.8, 4) is 5.75 Å². The van der Waals surface area contributed by atoms with Crippen LogP contribution >= 0.6 is 0 Å². The van der Waals surface area contributed by atoms with E-state index < -0.39 is 5.97 Å². The van der Waals surface area contributed by atoms with E-state index in [1.807, 2.05) is 24.3 Å². The molecule has 16 heavy (non-hydrogen) atoms. The number of nitrogens with one attached hydrogen (secondary N) is 1. The summed E-state index contributed by atoms with van der Waals surface area (Å²) in [6.45, 7) is 0. The van der Waals surface area contributed by atoms with E-state index in [0.29, 0.717) is 0 Å². The van der Waals surface area contributed by atoms with Crippen molar-refractivity contribution < 1.29 is 14.6 Å². The molecule has 0 aliphatic heterocycles. The number of aliphatic carboxylic acids is 1. The second-order valence-electron chi connectivity index (χ2n) is 3.97. The van der Waals surface area contributed by atoms with Gasteiger partial charge in [-0.3, -0.25) is 4.79 Å². The van der Waals surface area contributed by atoms with Crippen LogP contribution in [0.25, 0.3) is 0 Å². The molecule has 0 saturated heterocycles. The lowest BCUT2D eigenvalue weighted by Gasteiger charge is -2.35. The summed E-state index contributed by atoms with van der Waals surface area (Å²) in [5.41, 5.74) is 0.862. The number of carbonyl (C=O) groups is 1. The normalized spacial score (nSPS) is 23.3. The molecule has 0 aromatic heterocycles. The van der Waals surface area contributed by atoms with Gasteiger partial charge in [0.1, 0.15) is 5.75 Å². The first-order chi connectivity index (χ1) is 7.72. The molecule has 0 bridgehead atoms. The van der Waals surface area contributed by atoms with Crippen molar-refractivity contribution in [2.45, 2.75) is 18.9 Å². The SMILES string of the molecule is COc1ccccc1NC1CCC1C(=O)O. The number of carboxylic acids is 1. The van der Waals surface area contributed by atoms with Gasteiger partial charge in [-0.25, -0.2) is 0 Å². The van der Waals surface area contributed by atoms with E-state index in [2.05, 4.69) is 5.32 Å². The highest BCUT2D eigenvalue weighted by Gasteiger charge is 2.36. The molecular formula is C12H15NO3. The quantitative estimate of drug-likeness (QED) is 0.816. The van der Waals surface area contributed by atoms with E-state index in [-0.39, 0.29) is 12.0 Å². The Kier molecular flexibility index (Phi) is 2.99. The average Bonchev–Trinajstić information content (AvgIpc) is 2.24. The van der Waals surface area contributed by atoms with E-state index in [0.717, 1.165) is 24.3 Å². The fraction of sp³-hybridized carbons (Fsp3) is 0.417. The Bertz CT molecular complexity index is 392. The fourth-order valence-electron chi connectivity index (χ4n) is 1.93. The lowest BCUT2D eigenvalue weighted by atomic mass is 9.79. The molecule has 2 rings (SSSR count). The Morgan fingerprint density at radius 1 is 1.44 bits per heavy atom. The summed E-state index contributed by atoms with van der Waals surface area (Å²) < 4.78 is 5.20. The van der Waals surface area contributed by atoms with Crippen LogP contribution in [0.5, 0.6) is 5.75 Å². The molecule has 0 spiro atoms. The van der Waals surface area contributed by atoms with Gasteiger partial charge in [-0.15, -0.1) is 0 Å². The van der Waals surface area contributed by atoms with Crippen molar-refractivity contribution in [2.75, 3.05) is 12.4 Å². The van der Waals surface area contributed by atoms with Gasteiger partial charge in [-0.2, -0.15) is 0 Å². The van der Waals surface area contributed by atoms with Crippen LogP contribution < -0.4 is 10.1 Å². The molecule has 4 heteroatoms. The lowest BCUT2D eigenvalue weighted by Crippen LogP contribution is -2.43. The summed E-state index contributed by atoms with van der Waals surface area (Å²) in [6.07, 6.45) is 1.65. The lowest BCUT2D eigenvalue weighted by molar-refractivity contribution is -0.144. The van der Waals surface area contributed by atoms with E-state index in [9.17, 15) is 4.79 Å². The number of ether oxygens (including phenoxy) is 1. The molecule has 1 fully saturated rings. The number of benzene rings is 1. The van der Waals surface area contributed by atoms with E-state index in [1.54, 1.807) is 7.11 Å². The number of para-hydroxylation sites is 2. The summed E-state index contributed by atoms with van der Waals surface area (Å²) in [7, 11) is 1.61. The molecule has 2 N–H and O–H groups in total. The number of hydrogen-bond acceptors (Lipinski definition) is 3. The van der Waals surface area contributed by atoms with E-state index >= 15 is 0 Å². The zero-order valence-corrected chi connectivity index (χ0v) is 9.14. The van der Waals surface area contributed by atoms with Gasteiger partial charge in [-0.1, -0.05) is 12.1 Å². The number of anilines is 1. The van der Waals surface area contributed by atoms with Gasteiger partial charge in [0.25, 0.3) is 0 Å². The third-order valence-corrected chi connectivity index (χ3v) is 3.04. The second-order valence-corrected chi connectivity index (χ2v) is 3.97. The predicted molar refractivity (Wildman–Crippen MR) is 60.8 cm³/mol. The molecule has 0 heterocycles. The van der Waals surface area contributed by atoms with Crippen molar-refractivity contribution in [1.29, 1.82) is 0 Å². The number of carboxylic acid groups (broad SMARTS) is 1. The van der Waals surface area contributed by atoms with Crippen LogP contribution in [0, 0.1) is 5.92 Å². The summed E-state index contributed by atoms with van der Waals surface area (Å²) in [5.74, 6) is -0.248. The number of methoxy groups -OCH3 is 1. The molecule has 1 aromatic carbocycles. The van der Waals surface area contributed by atoms with Gasteiger partial charge >= 0.3 is 5.97 Å². The van der Waals surface area contributed by atoms with Gasteiger partial charge in [0, 0.05) is 6.04 Å². The number of rotatable bonds is 4. The van der Waals surface area contributed by atoms with Crippen molar-refractivity contribution in [3.05, 3.63) is 24.3 Å². The van der Waals surface area contributed by atoms with Crippen molar-refractivity contribution in [3.63, 3.8) is 0 Å². The second kappa shape index (κ2) is 4.43. The van der Waals surface area contributed by atoms with Crippen LogP contribution in [0.4, 0.5) is 5.69 Å². The zero-order valence-electron chi connectivity index (χ0n) is 9.14. The van der Waals surface area contributed by atoms with Gasteiger partial charge in [0.05, 0.1) is 18.7 Å². The van der Waals surface area contributed by atoms with Crippen LogP contribution in [-0.2, 0) is 4.79 Å². The Hall–Kier alpha value is -1.71. The highest BCUT2D eigenvalue weighted by molar-refractivity contribution is 5.73. The first kappa shape index (κ1) is 10.8. The van der Waals surface area contributed by atoms with Crippen molar-refractivity contribution >= 4 is 11.7 Å². The Morgan fingerprint density at radius 3 is 2.75 bits per heavy atom. The topological polar surface area (TPSA) is 58.6 Å². The molecular weight excluding hydrogens is 206 g/mol. The minimum absolute atomic E-state index is 0.0220. The van der Waals surface area contributed by atoms with Crippen LogP contribution in [0.15, 0.2) is 24.3 Å². The molecule has 2 atom stereocenters. The van der Waals surface area contributed by atoms with Crippen molar-refractivity contribution in [1.82, 2.24) is 0 Å². The number of hydrogen-bond donors (Lipinski definition) is 2. The molecule has 0 amide bonds. The van der Waals surface area contributed by atoms with Gasteiger partial charge in [0.2, 0.25) is 0 Å². The molecule has 4 nitrogen and oxygen atoms in total. The molecule has 1 aliphatic rings. The smallest absolute Gasteiger partial charge is 0.308 e. The molecule has 1 saturated carbocycles. The van der Waals surface area contributed by atoms with Gasteiger partial charge < -0.3 is 15.2 Å². The molecule has 1 aromatic rings. The van der Waals surface area contributed by atoms with Gasteiger partial charge in [0.15, 0.2) is 0 Å². The Balaban J connectivity index is 2.06. The highest BCUT2D eigenvalue weighted by Crippen LogP contribution is 2.33. The van der Waals surface area contributed by atoms with Crippen LogP contribution in [0.1, 0.15) is 12.8 Å². The largest absolute Gasteiger partial charge is 0.495 e. The van der Waals surface area contributed by atoms with Gasteiger partial charge in [-0.05, 0) is 25.0 Å². The Morgan fingerprint density at radius 2 is 2.19 bits per heavy atom. The van der Waals surface area contributed by atoms with E-state index in [4.69, 9.17) is 9.84 Å². The zero-order chi connectivity index (χ0) is 11.5. The molecule has 86 valence electrons. The maximum Gasteiger partial charge on any atom is 0.308 e. The maximum atomic E-state index is 10.9. The minimum Gasteiger partial charge on any atom is -0.495 e. The van der Waals surface area contributed by atoms with Crippen LogP contribution in [-0.4, -0.2) is 24.2 Å². The van der Waals surface area contributed by atoms with Crippen LogP contribution in [0.2, 0.25) is 0 Å². The molecule has 2 unspecified atom stereocenters. The average molecular weight is 221 g/mol. The Labute approximate surface area is 94.2 Å². The summed E-state index contributed by atoms with van der Waals surface area (Å²) in [4.78, 5) is 10.9. The maximum absolute atomic E-state index is 10.9. The first-order valence-corrected chi connectivity index (χ1v) is 5.34. The minimum atomic E-state index is -0.723. The summed E-state index contributed by atoms with van der Waals surface area (Å²) >= 11 is 0. The summed E-state index contributed by atoms with van der Waals surface area (Å²) in [5, 5.41) is 12.2. The third-order valence-electron chi connectivity index (χ3n) is 3.04. The summed E-state index contributed by atoms with van der Waals surface area (Å²) in [6, 6.07) is 7.57. The molecule has 1 aliphatic carbocycles. The van der Waals surface area contributed by atoms with E-state index in [1.165, 1.54) is 0 Å². The predicted octanol–water partition coefficient (Wildman–Crippen LogP) is 1.97. The standard InChI is InChI=1S/C12H15NO3/c1-16-11-5-3-2-4-10(11)13-9-7-6-8(9)12(14)15/h2-5,8-9,13H,6-7H2,1H3,(H,14,15). The first-order valence-electron chi connectivity index (χ1n) is 5.34. The van der Waals surface area contributed by atoms with Crippen LogP contribution in [0.3, 0.4) is 0 Å². The highest BCUT2D eigenvalue weighted by atomic mass is 16.5. The fourth-order valence-corrected chi connectivity index (χ4v) is 1.93.